The molecular weight excluding hydrogens is 230 g/mol. The fraction of sp³-hybridized carbons (Fsp3) is 0.538. The van der Waals surface area contributed by atoms with Crippen molar-refractivity contribution in [2.75, 3.05) is 5.32 Å². The van der Waals surface area contributed by atoms with Crippen molar-refractivity contribution in [3.63, 3.8) is 0 Å². The van der Waals surface area contributed by atoms with Crippen LogP contribution in [0, 0.1) is 12.8 Å². The van der Waals surface area contributed by atoms with Gasteiger partial charge in [-0.05, 0) is 44.7 Å². The largest absolute Gasteiger partial charge is 0.504 e. The molecule has 1 fully saturated rings. The lowest BCUT2D eigenvalue weighted by atomic mass is 9.86. The van der Waals surface area contributed by atoms with Crippen LogP contribution in [-0.2, 0) is 4.79 Å². The summed E-state index contributed by atoms with van der Waals surface area (Å²) >= 11 is 0. The zero-order valence-electron chi connectivity index (χ0n) is 10.5. The predicted octanol–water partition coefficient (Wildman–Crippen LogP) is 1.55. The van der Waals surface area contributed by atoms with E-state index in [1.165, 1.54) is 6.07 Å². The highest BCUT2D eigenvalue weighted by atomic mass is 16.3. The zero-order valence-corrected chi connectivity index (χ0v) is 10.5. The van der Waals surface area contributed by atoms with Gasteiger partial charge in [0.15, 0.2) is 11.6 Å². The van der Waals surface area contributed by atoms with E-state index >= 15 is 0 Å². The second-order valence-corrected chi connectivity index (χ2v) is 4.92. The number of nitrogens with one attached hydrogen (secondary N) is 1. The first-order chi connectivity index (χ1) is 8.56. The maximum atomic E-state index is 12.0. The minimum atomic E-state index is -0.0738. The Morgan fingerprint density at radius 1 is 1.39 bits per heavy atom. The molecule has 0 aliphatic heterocycles. The van der Waals surface area contributed by atoms with Gasteiger partial charge in [0, 0.05) is 17.7 Å². The highest BCUT2D eigenvalue weighted by molar-refractivity contribution is 5.92. The molecule has 98 valence electrons. The number of pyridine rings is 1. The molecule has 1 aliphatic carbocycles. The average molecular weight is 249 g/mol. The van der Waals surface area contributed by atoms with Gasteiger partial charge in [0.2, 0.25) is 5.91 Å². The SMILES string of the molecule is Cc1ccc(O)c(NC(=O)C2CCC(N)CC2)n1. The molecule has 1 aliphatic rings. The number of hydrogen-bond donors (Lipinski definition) is 3. The Kier molecular flexibility index (Phi) is 3.81. The molecule has 0 unspecified atom stereocenters. The van der Waals surface area contributed by atoms with Gasteiger partial charge in [-0.25, -0.2) is 4.98 Å². The van der Waals surface area contributed by atoms with Crippen molar-refractivity contribution in [2.24, 2.45) is 11.7 Å². The molecule has 2 rings (SSSR count). The van der Waals surface area contributed by atoms with E-state index in [4.69, 9.17) is 5.73 Å². The van der Waals surface area contributed by atoms with Gasteiger partial charge in [0.1, 0.15) is 0 Å². The van der Waals surface area contributed by atoms with Gasteiger partial charge in [-0.15, -0.1) is 0 Å². The molecule has 0 atom stereocenters. The Bertz CT molecular complexity index is 440. The molecule has 1 saturated carbocycles. The number of amides is 1. The Balaban J connectivity index is 2.00. The molecule has 18 heavy (non-hydrogen) atoms. The molecule has 0 saturated heterocycles. The number of nitrogens with two attached hydrogens (primary N) is 1. The number of anilines is 1. The molecule has 0 radical (unpaired) electrons. The lowest BCUT2D eigenvalue weighted by molar-refractivity contribution is -0.120. The normalized spacial score (nSPS) is 23.7. The highest BCUT2D eigenvalue weighted by Crippen LogP contribution is 2.26. The first kappa shape index (κ1) is 12.8. The average Bonchev–Trinajstić information content (AvgIpc) is 2.34. The van der Waals surface area contributed by atoms with Crippen LogP contribution in [0.4, 0.5) is 5.82 Å². The van der Waals surface area contributed by atoms with Crippen LogP contribution in [0.5, 0.6) is 5.75 Å². The second-order valence-electron chi connectivity index (χ2n) is 4.92. The van der Waals surface area contributed by atoms with Gasteiger partial charge in [0.25, 0.3) is 0 Å². The standard InChI is InChI=1S/C13H19N3O2/c1-8-2-7-11(17)12(15-8)16-13(18)9-3-5-10(14)6-4-9/h2,7,9-10,17H,3-6,14H2,1H3,(H,15,16,18). The van der Waals surface area contributed by atoms with Crippen LogP contribution in [0.1, 0.15) is 31.4 Å². The molecule has 5 heteroatoms. The number of rotatable bonds is 2. The van der Waals surface area contributed by atoms with E-state index in [0.29, 0.717) is 0 Å². The van der Waals surface area contributed by atoms with E-state index in [9.17, 15) is 9.90 Å². The van der Waals surface area contributed by atoms with Gasteiger partial charge in [-0.1, -0.05) is 0 Å². The summed E-state index contributed by atoms with van der Waals surface area (Å²) in [6, 6.07) is 3.46. The van der Waals surface area contributed by atoms with E-state index in [1.54, 1.807) is 6.07 Å². The third-order valence-electron chi connectivity index (χ3n) is 3.40. The van der Waals surface area contributed by atoms with Gasteiger partial charge < -0.3 is 16.2 Å². The number of carbonyl (C=O) groups excluding carboxylic acids is 1. The summed E-state index contributed by atoms with van der Waals surface area (Å²) in [5.41, 5.74) is 6.57. The Labute approximate surface area is 106 Å². The highest BCUT2D eigenvalue weighted by Gasteiger charge is 2.25. The number of hydrogen-bond acceptors (Lipinski definition) is 4. The summed E-state index contributed by atoms with van der Waals surface area (Å²) in [7, 11) is 0. The van der Waals surface area contributed by atoms with Crippen molar-refractivity contribution in [3.05, 3.63) is 17.8 Å². The fourth-order valence-corrected chi connectivity index (χ4v) is 2.24. The molecule has 1 aromatic rings. The van der Waals surface area contributed by atoms with Crippen molar-refractivity contribution < 1.29 is 9.90 Å². The molecule has 0 aromatic carbocycles. The van der Waals surface area contributed by atoms with Crippen molar-refractivity contribution in [1.82, 2.24) is 4.98 Å². The van der Waals surface area contributed by atoms with Gasteiger partial charge in [-0.2, -0.15) is 0 Å². The minimum absolute atomic E-state index is 0.00135. The Morgan fingerprint density at radius 3 is 2.72 bits per heavy atom. The lowest BCUT2D eigenvalue weighted by Gasteiger charge is -2.25. The van der Waals surface area contributed by atoms with Crippen LogP contribution >= 0.6 is 0 Å². The van der Waals surface area contributed by atoms with Crippen LogP contribution in [0.3, 0.4) is 0 Å². The number of aromatic nitrogens is 1. The summed E-state index contributed by atoms with van der Waals surface area (Å²) in [4.78, 5) is 16.2. The van der Waals surface area contributed by atoms with Crippen molar-refractivity contribution >= 4 is 11.7 Å². The number of aromatic hydroxyl groups is 1. The summed E-state index contributed by atoms with van der Waals surface area (Å²) < 4.78 is 0. The molecule has 4 N–H and O–H groups in total. The van der Waals surface area contributed by atoms with Crippen molar-refractivity contribution in [1.29, 1.82) is 0 Å². The number of aryl methyl sites for hydroxylation is 1. The van der Waals surface area contributed by atoms with E-state index in [2.05, 4.69) is 10.3 Å². The first-order valence-corrected chi connectivity index (χ1v) is 6.29. The summed E-state index contributed by atoms with van der Waals surface area (Å²) in [5, 5.41) is 12.3. The molecule has 0 bridgehead atoms. The van der Waals surface area contributed by atoms with Crippen LogP contribution in [0.25, 0.3) is 0 Å². The van der Waals surface area contributed by atoms with Gasteiger partial charge in [-0.3, -0.25) is 4.79 Å². The molecule has 1 amide bonds. The zero-order chi connectivity index (χ0) is 13.1. The summed E-state index contributed by atoms with van der Waals surface area (Å²) in [6.45, 7) is 1.81. The molecule has 1 heterocycles. The Hall–Kier alpha value is -1.62. The van der Waals surface area contributed by atoms with Gasteiger partial charge in [0.05, 0.1) is 0 Å². The quantitative estimate of drug-likeness (QED) is 0.742. The number of nitrogens with zero attached hydrogens (tertiary/aromatic N) is 1. The van der Waals surface area contributed by atoms with Crippen LogP contribution < -0.4 is 11.1 Å². The maximum Gasteiger partial charge on any atom is 0.228 e. The monoisotopic (exact) mass is 249 g/mol. The van der Waals surface area contributed by atoms with Crippen LogP contribution in [0.2, 0.25) is 0 Å². The maximum absolute atomic E-state index is 12.0. The Morgan fingerprint density at radius 2 is 2.06 bits per heavy atom. The summed E-state index contributed by atoms with van der Waals surface area (Å²) in [5.74, 6) is 0.151. The molecule has 5 nitrogen and oxygen atoms in total. The van der Waals surface area contributed by atoms with Gasteiger partial charge >= 0.3 is 0 Å². The minimum Gasteiger partial charge on any atom is -0.504 e. The van der Waals surface area contributed by atoms with Crippen molar-refractivity contribution in [3.8, 4) is 5.75 Å². The predicted molar refractivity (Wildman–Crippen MR) is 69.2 cm³/mol. The second kappa shape index (κ2) is 5.35. The third kappa shape index (κ3) is 2.98. The lowest BCUT2D eigenvalue weighted by Crippen LogP contribution is -2.32. The van der Waals surface area contributed by atoms with Crippen LogP contribution in [-0.4, -0.2) is 22.0 Å². The van der Waals surface area contributed by atoms with E-state index < -0.39 is 0 Å². The number of carbonyl (C=O) groups is 1. The van der Waals surface area contributed by atoms with E-state index in [0.717, 1.165) is 31.4 Å². The van der Waals surface area contributed by atoms with E-state index in [-0.39, 0.29) is 29.4 Å². The van der Waals surface area contributed by atoms with Crippen LogP contribution in [0.15, 0.2) is 12.1 Å². The summed E-state index contributed by atoms with van der Waals surface area (Å²) in [6.07, 6.45) is 3.37. The molecular formula is C13H19N3O2. The van der Waals surface area contributed by atoms with E-state index in [1.807, 2.05) is 6.92 Å². The first-order valence-electron chi connectivity index (χ1n) is 6.29. The third-order valence-corrected chi connectivity index (χ3v) is 3.40. The topological polar surface area (TPSA) is 88.2 Å². The smallest absolute Gasteiger partial charge is 0.228 e. The fourth-order valence-electron chi connectivity index (χ4n) is 2.24. The molecule has 1 aromatic heterocycles. The molecule has 0 spiro atoms. The van der Waals surface area contributed by atoms with Crippen molar-refractivity contribution in [2.45, 2.75) is 38.6 Å².